The van der Waals surface area contributed by atoms with E-state index in [0.717, 1.165) is 53.6 Å². The topological polar surface area (TPSA) is 46.6 Å². The molecule has 1 aliphatic carbocycles. The first-order chi connectivity index (χ1) is 17.9. The van der Waals surface area contributed by atoms with Gasteiger partial charge >= 0.3 is 6.09 Å². The summed E-state index contributed by atoms with van der Waals surface area (Å²) < 4.78 is 46.7. The maximum absolute atomic E-state index is 13.7. The van der Waals surface area contributed by atoms with Crippen molar-refractivity contribution in [1.29, 1.82) is 0 Å². The van der Waals surface area contributed by atoms with Crippen LogP contribution >= 0.6 is 0 Å². The second kappa shape index (κ2) is 9.36. The van der Waals surface area contributed by atoms with Crippen molar-refractivity contribution in [2.45, 2.75) is 50.1 Å². The van der Waals surface area contributed by atoms with Gasteiger partial charge in [-0.25, -0.2) is 18.0 Å². The number of nitrogens with zero attached hydrogens (tertiary/aromatic N) is 1. The van der Waals surface area contributed by atoms with Crippen LogP contribution in [0.1, 0.15) is 59.5 Å². The number of fused-ring (bicyclic) bond motifs is 5. The highest BCUT2D eigenvalue weighted by Crippen LogP contribution is 2.45. The number of carbonyl (C=O) groups is 2. The summed E-state index contributed by atoms with van der Waals surface area (Å²) >= 11 is 0. The molecule has 0 radical (unpaired) electrons. The van der Waals surface area contributed by atoms with Crippen LogP contribution in [0.3, 0.4) is 0 Å². The zero-order valence-corrected chi connectivity index (χ0v) is 20.1. The Morgan fingerprint density at radius 2 is 1.38 bits per heavy atom. The first-order valence-corrected chi connectivity index (χ1v) is 12.7. The fourth-order valence-corrected chi connectivity index (χ4v) is 6.50. The molecule has 7 heteroatoms. The maximum atomic E-state index is 13.7. The number of amides is 1. The van der Waals surface area contributed by atoms with Gasteiger partial charge in [-0.15, -0.1) is 0 Å². The van der Waals surface area contributed by atoms with Crippen molar-refractivity contribution < 1.29 is 27.5 Å². The minimum absolute atomic E-state index is 0.0430. The molecular formula is C30H26F3NO3. The molecule has 4 nitrogen and oxygen atoms in total. The Bertz CT molecular complexity index is 1310. The highest BCUT2D eigenvalue weighted by atomic mass is 19.2. The molecule has 0 saturated carbocycles. The van der Waals surface area contributed by atoms with E-state index in [1.807, 2.05) is 24.3 Å². The summed E-state index contributed by atoms with van der Waals surface area (Å²) in [5.74, 6) is -5.28. The summed E-state index contributed by atoms with van der Waals surface area (Å²) in [5.41, 5.74) is 4.42. The molecule has 1 amide bonds. The van der Waals surface area contributed by atoms with Gasteiger partial charge in [0.15, 0.2) is 23.2 Å². The summed E-state index contributed by atoms with van der Waals surface area (Å²) in [6.45, 7) is 0.222. The van der Waals surface area contributed by atoms with Gasteiger partial charge in [-0.1, -0.05) is 48.5 Å². The molecule has 6 rings (SSSR count). The lowest BCUT2D eigenvalue weighted by Gasteiger charge is -2.47. The number of benzene rings is 3. The molecule has 3 aromatic rings. The molecule has 2 saturated heterocycles. The molecule has 3 aromatic carbocycles. The summed E-state index contributed by atoms with van der Waals surface area (Å²) in [5, 5.41) is 0. The third-order valence-corrected chi connectivity index (χ3v) is 8.16. The van der Waals surface area contributed by atoms with E-state index in [0.29, 0.717) is 12.8 Å². The smallest absolute Gasteiger partial charge is 0.410 e. The Labute approximate surface area is 213 Å². The third kappa shape index (κ3) is 4.10. The Hall–Kier alpha value is -3.61. The Kier molecular flexibility index (Phi) is 6.01. The maximum Gasteiger partial charge on any atom is 0.410 e. The van der Waals surface area contributed by atoms with Crippen LogP contribution in [-0.2, 0) is 4.74 Å². The van der Waals surface area contributed by atoms with Crippen LogP contribution in [0.2, 0.25) is 0 Å². The van der Waals surface area contributed by atoms with Gasteiger partial charge in [0.25, 0.3) is 0 Å². The Morgan fingerprint density at radius 3 is 1.95 bits per heavy atom. The number of carbonyl (C=O) groups excluding carboxylic acids is 2. The summed E-state index contributed by atoms with van der Waals surface area (Å²) in [7, 11) is 0. The largest absolute Gasteiger partial charge is 0.448 e. The second-order valence-electron chi connectivity index (χ2n) is 10.2. The van der Waals surface area contributed by atoms with Crippen molar-refractivity contribution in [2.24, 2.45) is 5.92 Å². The number of Topliss-reactive ketones (excluding diaryl/α,β-unsaturated/α-hetero) is 1. The van der Waals surface area contributed by atoms with Crippen molar-refractivity contribution in [3.05, 3.63) is 94.8 Å². The highest BCUT2D eigenvalue weighted by Gasteiger charge is 2.44. The molecule has 3 aliphatic rings. The van der Waals surface area contributed by atoms with E-state index in [4.69, 9.17) is 4.74 Å². The molecule has 2 atom stereocenters. The van der Waals surface area contributed by atoms with Gasteiger partial charge in [0.05, 0.1) is 0 Å². The van der Waals surface area contributed by atoms with E-state index >= 15 is 0 Å². The predicted octanol–water partition coefficient (Wildman–Crippen LogP) is 6.87. The van der Waals surface area contributed by atoms with Crippen LogP contribution in [0, 0.1) is 23.4 Å². The number of hydrogen-bond acceptors (Lipinski definition) is 3. The van der Waals surface area contributed by atoms with Crippen LogP contribution in [-0.4, -0.2) is 35.5 Å². The lowest BCUT2D eigenvalue weighted by atomic mass is 9.76. The summed E-state index contributed by atoms with van der Waals surface area (Å²) in [6.07, 6.45) is 2.79. The Balaban J connectivity index is 1.17. The van der Waals surface area contributed by atoms with Crippen LogP contribution in [0.4, 0.5) is 18.0 Å². The van der Waals surface area contributed by atoms with Gasteiger partial charge in [-0.3, -0.25) is 4.79 Å². The molecular weight excluding hydrogens is 479 g/mol. The zero-order chi connectivity index (χ0) is 25.7. The normalized spacial score (nSPS) is 22.4. The average molecular weight is 506 g/mol. The van der Waals surface area contributed by atoms with Gasteiger partial charge in [-0.05, 0) is 66.5 Å². The monoisotopic (exact) mass is 505 g/mol. The van der Waals surface area contributed by atoms with Gasteiger partial charge in [0, 0.05) is 29.5 Å². The molecule has 2 aliphatic heterocycles. The van der Waals surface area contributed by atoms with Crippen molar-refractivity contribution in [3.63, 3.8) is 0 Å². The molecule has 0 N–H and O–H groups in total. The molecule has 2 fully saturated rings. The zero-order valence-electron chi connectivity index (χ0n) is 20.1. The average Bonchev–Trinajstić information content (AvgIpc) is 3.22. The van der Waals surface area contributed by atoms with Crippen molar-refractivity contribution in [2.75, 3.05) is 6.61 Å². The number of rotatable bonds is 4. The second-order valence-corrected chi connectivity index (χ2v) is 10.2. The fourth-order valence-electron chi connectivity index (χ4n) is 6.50. The number of ether oxygens (including phenoxy) is 1. The lowest BCUT2D eigenvalue weighted by Crippen LogP contribution is -2.55. The van der Waals surface area contributed by atoms with Crippen LogP contribution < -0.4 is 0 Å². The molecule has 0 spiro atoms. The molecule has 0 aromatic heterocycles. The van der Waals surface area contributed by atoms with E-state index in [-0.39, 0.29) is 36.3 Å². The number of ketones is 1. The number of halogens is 3. The molecule has 2 heterocycles. The molecule has 2 bridgehead atoms. The van der Waals surface area contributed by atoms with E-state index in [1.54, 1.807) is 4.90 Å². The molecule has 2 unspecified atom stereocenters. The van der Waals surface area contributed by atoms with Crippen LogP contribution in [0.25, 0.3) is 11.1 Å². The number of piperidine rings is 2. The SMILES string of the molecule is O=C(c1cc(F)c(F)c(F)c1)C1CC2CCCC(C1)N2C(=O)OCC1c2ccccc2-c2ccccc21. The molecule has 190 valence electrons. The fraction of sp³-hybridized carbons (Fsp3) is 0.333. The first kappa shape index (κ1) is 23.8. The number of hydrogen-bond donors (Lipinski definition) is 0. The predicted molar refractivity (Wildman–Crippen MR) is 132 cm³/mol. The van der Waals surface area contributed by atoms with Crippen molar-refractivity contribution in [1.82, 2.24) is 4.90 Å². The Morgan fingerprint density at radius 1 is 0.838 bits per heavy atom. The van der Waals surface area contributed by atoms with Gasteiger partial charge in [0.1, 0.15) is 6.61 Å². The summed E-state index contributed by atoms with van der Waals surface area (Å²) in [4.78, 5) is 28.2. The standard InChI is InChI=1S/C30H26F3NO3/c31-26-14-18(15-27(32)28(26)33)29(35)17-12-19-6-5-7-20(13-17)34(19)30(36)37-16-25-23-10-3-1-8-21(23)22-9-2-4-11-24(22)25/h1-4,8-11,14-15,17,19-20,25H,5-7,12-13,16H2. The van der Waals surface area contributed by atoms with E-state index in [1.165, 1.54) is 0 Å². The van der Waals surface area contributed by atoms with E-state index < -0.39 is 29.2 Å². The van der Waals surface area contributed by atoms with Crippen molar-refractivity contribution >= 4 is 11.9 Å². The van der Waals surface area contributed by atoms with Crippen LogP contribution in [0.5, 0.6) is 0 Å². The third-order valence-electron chi connectivity index (χ3n) is 8.16. The minimum atomic E-state index is -1.58. The molecule has 37 heavy (non-hydrogen) atoms. The quantitative estimate of drug-likeness (QED) is 0.287. The first-order valence-electron chi connectivity index (χ1n) is 12.7. The van der Waals surface area contributed by atoms with E-state index in [9.17, 15) is 22.8 Å². The van der Waals surface area contributed by atoms with E-state index in [2.05, 4.69) is 24.3 Å². The highest BCUT2D eigenvalue weighted by molar-refractivity contribution is 5.98. The van der Waals surface area contributed by atoms with Gasteiger partial charge in [0.2, 0.25) is 0 Å². The lowest BCUT2D eigenvalue weighted by molar-refractivity contribution is 0.00649. The minimum Gasteiger partial charge on any atom is -0.448 e. The van der Waals surface area contributed by atoms with Crippen LogP contribution in [0.15, 0.2) is 60.7 Å². The van der Waals surface area contributed by atoms with Crippen molar-refractivity contribution in [3.8, 4) is 11.1 Å². The van der Waals surface area contributed by atoms with Gasteiger partial charge < -0.3 is 9.64 Å². The summed E-state index contributed by atoms with van der Waals surface area (Å²) in [6, 6.07) is 17.4. The van der Waals surface area contributed by atoms with Gasteiger partial charge in [-0.2, -0.15) is 0 Å².